The van der Waals surface area contributed by atoms with Gasteiger partial charge in [0.2, 0.25) is 5.95 Å². The smallest absolute Gasteiger partial charge is 0.382 e. The van der Waals surface area contributed by atoms with Crippen molar-refractivity contribution < 1.29 is 18.3 Å². The molecule has 0 unspecified atom stereocenters. The lowest BCUT2D eigenvalue weighted by atomic mass is 10.2. The number of alkyl halides is 3. The molecule has 0 aliphatic carbocycles. The second-order valence-electron chi connectivity index (χ2n) is 5.13. The molecular weight excluding hydrogens is 287 g/mol. The average Bonchev–Trinajstić information content (AvgIpc) is 2.42. The largest absolute Gasteiger partial charge is 0.415 e. The van der Waals surface area contributed by atoms with E-state index in [1.807, 2.05) is 18.7 Å². The summed E-state index contributed by atoms with van der Waals surface area (Å²) in [7, 11) is 0. The molecule has 0 amide bonds. The Morgan fingerprint density at radius 2 is 1.71 bits per heavy atom. The number of aryl methyl sites for hydroxylation is 2. The van der Waals surface area contributed by atoms with Gasteiger partial charge in [-0.2, -0.15) is 18.3 Å². The standard InChI is InChI=1S/C12H18F3N5O/c1-8-9(2)17-18-11(16-8)20-5-3-19(4-6-20)7-10(21)12(13,14)15/h10,21H,3-7H2,1-2H3/t10-/m1/s1. The Morgan fingerprint density at radius 1 is 1.10 bits per heavy atom. The van der Waals surface area contributed by atoms with Gasteiger partial charge in [0, 0.05) is 32.7 Å². The van der Waals surface area contributed by atoms with Crippen molar-refractivity contribution in [2.75, 3.05) is 37.6 Å². The third kappa shape index (κ3) is 4.01. The minimum atomic E-state index is -4.57. The van der Waals surface area contributed by atoms with Gasteiger partial charge in [0.15, 0.2) is 6.10 Å². The van der Waals surface area contributed by atoms with Crippen LogP contribution in [0.25, 0.3) is 0 Å². The molecule has 2 heterocycles. The van der Waals surface area contributed by atoms with Gasteiger partial charge in [0.05, 0.1) is 11.4 Å². The van der Waals surface area contributed by atoms with Crippen LogP contribution in [0.4, 0.5) is 19.1 Å². The van der Waals surface area contributed by atoms with Crippen molar-refractivity contribution in [3.05, 3.63) is 11.4 Å². The maximum absolute atomic E-state index is 12.3. The van der Waals surface area contributed by atoms with Crippen LogP contribution in [0.3, 0.4) is 0 Å². The number of anilines is 1. The number of hydrogen-bond donors (Lipinski definition) is 1. The molecule has 1 aromatic heterocycles. The molecule has 1 aliphatic rings. The first-order valence-electron chi connectivity index (χ1n) is 6.67. The molecule has 0 saturated carbocycles. The van der Waals surface area contributed by atoms with Crippen LogP contribution in [0.1, 0.15) is 11.4 Å². The number of halogens is 3. The number of aromatic nitrogens is 3. The lowest BCUT2D eigenvalue weighted by Gasteiger charge is -2.35. The summed E-state index contributed by atoms with van der Waals surface area (Å²) in [5.74, 6) is 0.495. The fraction of sp³-hybridized carbons (Fsp3) is 0.750. The van der Waals surface area contributed by atoms with Crippen LogP contribution in [0.2, 0.25) is 0 Å². The fourth-order valence-corrected chi connectivity index (χ4v) is 2.06. The fourth-order valence-electron chi connectivity index (χ4n) is 2.06. The minimum Gasteiger partial charge on any atom is -0.382 e. The summed E-state index contributed by atoms with van der Waals surface area (Å²) in [6.07, 6.45) is -6.87. The first-order chi connectivity index (χ1) is 9.77. The van der Waals surface area contributed by atoms with E-state index in [9.17, 15) is 13.2 Å². The van der Waals surface area contributed by atoms with E-state index < -0.39 is 18.8 Å². The van der Waals surface area contributed by atoms with Crippen molar-refractivity contribution >= 4 is 5.95 Å². The number of rotatable bonds is 3. The van der Waals surface area contributed by atoms with Gasteiger partial charge in [-0.15, -0.1) is 5.10 Å². The molecule has 1 atom stereocenters. The highest BCUT2D eigenvalue weighted by Crippen LogP contribution is 2.21. The van der Waals surface area contributed by atoms with Gasteiger partial charge in [-0.1, -0.05) is 0 Å². The summed E-state index contributed by atoms with van der Waals surface area (Å²) in [5.41, 5.74) is 1.54. The SMILES string of the molecule is Cc1nnc(N2CCN(C[C@@H](O)C(F)(F)F)CC2)nc1C. The van der Waals surface area contributed by atoms with Crippen molar-refractivity contribution in [3.63, 3.8) is 0 Å². The van der Waals surface area contributed by atoms with Crippen LogP contribution >= 0.6 is 0 Å². The monoisotopic (exact) mass is 305 g/mol. The summed E-state index contributed by atoms with van der Waals surface area (Å²) in [6, 6.07) is 0. The van der Waals surface area contributed by atoms with E-state index in [0.29, 0.717) is 32.1 Å². The lowest BCUT2D eigenvalue weighted by Crippen LogP contribution is -2.51. The van der Waals surface area contributed by atoms with Crippen molar-refractivity contribution in [1.82, 2.24) is 20.1 Å². The Bertz CT molecular complexity index is 488. The Labute approximate surface area is 120 Å². The van der Waals surface area contributed by atoms with Gasteiger partial charge in [-0.25, -0.2) is 4.98 Å². The molecule has 1 aliphatic heterocycles. The zero-order valence-electron chi connectivity index (χ0n) is 11.9. The molecule has 1 aromatic rings. The minimum absolute atomic E-state index is 0.399. The normalized spacial score (nSPS) is 18.9. The van der Waals surface area contributed by atoms with Crippen molar-refractivity contribution in [2.24, 2.45) is 0 Å². The number of aliphatic hydroxyl groups excluding tert-OH is 1. The molecule has 0 aromatic carbocycles. The number of piperazine rings is 1. The predicted molar refractivity (Wildman–Crippen MR) is 70.0 cm³/mol. The molecule has 0 radical (unpaired) electrons. The lowest BCUT2D eigenvalue weighted by molar-refractivity contribution is -0.208. The molecule has 21 heavy (non-hydrogen) atoms. The molecule has 118 valence electrons. The van der Waals surface area contributed by atoms with Crippen LogP contribution in [-0.4, -0.2) is 70.2 Å². The maximum atomic E-state index is 12.3. The summed E-state index contributed by atoms with van der Waals surface area (Å²) in [6.45, 7) is 5.11. The van der Waals surface area contributed by atoms with E-state index in [0.717, 1.165) is 11.4 Å². The third-order valence-electron chi connectivity index (χ3n) is 3.54. The summed E-state index contributed by atoms with van der Waals surface area (Å²) < 4.78 is 36.9. The Kier molecular flexibility index (Phi) is 4.62. The molecular formula is C12H18F3N5O. The first kappa shape index (κ1) is 15.9. The molecule has 1 N–H and O–H groups in total. The molecule has 1 saturated heterocycles. The van der Waals surface area contributed by atoms with E-state index in [2.05, 4.69) is 15.2 Å². The molecule has 1 fully saturated rings. The van der Waals surface area contributed by atoms with Crippen LogP contribution in [0.5, 0.6) is 0 Å². The van der Waals surface area contributed by atoms with Crippen LogP contribution in [0, 0.1) is 13.8 Å². The molecule has 0 bridgehead atoms. The highest BCUT2D eigenvalue weighted by molar-refractivity contribution is 5.30. The molecule has 6 nitrogen and oxygen atoms in total. The van der Waals surface area contributed by atoms with E-state index in [1.54, 1.807) is 4.90 Å². The number of β-amino-alcohol motifs (C(OH)–C–C–N with tert-alkyl or cyclic N) is 1. The van der Waals surface area contributed by atoms with E-state index >= 15 is 0 Å². The number of nitrogens with zero attached hydrogens (tertiary/aromatic N) is 5. The molecule has 2 rings (SSSR count). The zero-order valence-corrected chi connectivity index (χ0v) is 11.9. The summed E-state index contributed by atoms with van der Waals surface area (Å²) in [4.78, 5) is 7.80. The highest BCUT2D eigenvalue weighted by Gasteiger charge is 2.39. The number of hydrogen-bond acceptors (Lipinski definition) is 6. The van der Waals surface area contributed by atoms with E-state index in [-0.39, 0.29) is 0 Å². The van der Waals surface area contributed by atoms with Gasteiger partial charge in [0.1, 0.15) is 0 Å². The third-order valence-corrected chi connectivity index (χ3v) is 3.54. The predicted octanol–water partition coefficient (Wildman–Crippen LogP) is 0.534. The average molecular weight is 305 g/mol. The Morgan fingerprint density at radius 3 is 2.24 bits per heavy atom. The summed E-state index contributed by atoms with van der Waals surface area (Å²) >= 11 is 0. The van der Waals surface area contributed by atoms with E-state index in [1.165, 1.54) is 0 Å². The number of aliphatic hydroxyl groups is 1. The van der Waals surface area contributed by atoms with Crippen molar-refractivity contribution in [3.8, 4) is 0 Å². The van der Waals surface area contributed by atoms with Gasteiger partial charge < -0.3 is 10.0 Å². The quantitative estimate of drug-likeness (QED) is 0.879. The van der Waals surface area contributed by atoms with Crippen LogP contribution in [0.15, 0.2) is 0 Å². The van der Waals surface area contributed by atoms with Gasteiger partial charge in [0.25, 0.3) is 0 Å². The topological polar surface area (TPSA) is 65.4 Å². The Balaban J connectivity index is 1.90. The van der Waals surface area contributed by atoms with Crippen molar-refractivity contribution in [1.29, 1.82) is 0 Å². The maximum Gasteiger partial charge on any atom is 0.415 e. The highest BCUT2D eigenvalue weighted by atomic mass is 19.4. The van der Waals surface area contributed by atoms with Crippen LogP contribution < -0.4 is 4.90 Å². The summed E-state index contributed by atoms with van der Waals surface area (Å²) in [5, 5.41) is 17.1. The van der Waals surface area contributed by atoms with Gasteiger partial charge in [-0.05, 0) is 13.8 Å². The van der Waals surface area contributed by atoms with E-state index in [4.69, 9.17) is 5.11 Å². The second-order valence-corrected chi connectivity index (χ2v) is 5.13. The Hall–Kier alpha value is -1.48. The molecule has 0 spiro atoms. The van der Waals surface area contributed by atoms with Gasteiger partial charge >= 0.3 is 6.18 Å². The van der Waals surface area contributed by atoms with Crippen LogP contribution in [-0.2, 0) is 0 Å². The zero-order chi connectivity index (χ0) is 15.6. The first-order valence-corrected chi connectivity index (χ1v) is 6.67. The second kappa shape index (κ2) is 6.10. The molecule has 9 heteroatoms. The van der Waals surface area contributed by atoms with Gasteiger partial charge in [-0.3, -0.25) is 4.90 Å². The van der Waals surface area contributed by atoms with Crippen molar-refractivity contribution in [2.45, 2.75) is 26.1 Å².